The highest BCUT2D eigenvalue weighted by molar-refractivity contribution is 5.77. The van der Waals surface area contributed by atoms with Crippen LogP contribution in [0.25, 0.3) is 0 Å². The molecule has 0 saturated carbocycles. The molecule has 1 atom stereocenters. The lowest BCUT2D eigenvalue weighted by Gasteiger charge is -2.24. The number of nitrogens with one attached hydrogen (secondary N) is 2. The van der Waals surface area contributed by atoms with E-state index in [1.807, 2.05) is 0 Å². The molecule has 0 spiro atoms. The number of amides is 1. The van der Waals surface area contributed by atoms with Gasteiger partial charge < -0.3 is 20.3 Å². The molecule has 2 N–H and O–H groups in total. The molecule has 19 heavy (non-hydrogen) atoms. The lowest BCUT2D eigenvalue weighted by molar-refractivity contribution is -0.128. The summed E-state index contributed by atoms with van der Waals surface area (Å²) in [6.07, 6.45) is 4.85. The molecular formula is C14H27N3O2. The van der Waals surface area contributed by atoms with Crippen molar-refractivity contribution in [1.29, 1.82) is 0 Å². The first-order valence-electron chi connectivity index (χ1n) is 7.58. The highest BCUT2D eigenvalue weighted by atomic mass is 16.5. The summed E-state index contributed by atoms with van der Waals surface area (Å²) in [7, 11) is 0. The quantitative estimate of drug-likeness (QED) is 0.731. The average Bonchev–Trinajstić information content (AvgIpc) is 2.90. The fourth-order valence-electron chi connectivity index (χ4n) is 2.87. The van der Waals surface area contributed by atoms with Crippen LogP contribution < -0.4 is 10.6 Å². The highest BCUT2D eigenvalue weighted by Gasteiger charge is 2.18. The molecule has 0 aromatic carbocycles. The van der Waals surface area contributed by atoms with Crippen molar-refractivity contribution in [2.75, 3.05) is 39.3 Å². The molecule has 2 aliphatic heterocycles. The number of nitrogens with zero attached hydrogens (tertiary/aromatic N) is 1. The van der Waals surface area contributed by atoms with Gasteiger partial charge in [0.2, 0.25) is 5.91 Å². The van der Waals surface area contributed by atoms with Gasteiger partial charge in [0.05, 0.1) is 6.10 Å². The number of likely N-dealkylation sites (tertiary alicyclic amines) is 1. The summed E-state index contributed by atoms with van der Waals surface area (Å²) in [5.41, 5.74) is 0. The molecule has 5 heteroatoms. The largest absolute Gasteiger partial charge is 0.368 e. The predicted molar refractivity (Wildman–Crippen MR) is 75.1 cm³/mol. The molecule has 5 nitrogen and oxygen atoms in total. The normalized spacial score (nSPS) is 23.4. The van der Waals surface area contributed by atoms with Gasteiger partial charge >= 0.3 is 0 Å². The molecule has 2 heterocycles. The number of ether oxygens (including phenoxy) is 1. The Bertz CT molecular complexity index is 274. The van der Waals surface area contributed by atoms with E-state index in [1.54, 1.807) is 0 Å². The van der Waals surface area contributed by atoms with E-state index in [1.165, 1.54) is 25.9 Å². The molecule has 1 unspecified atom stereocenters. The highest BCUT2D eigenvalue weighted by Crippen LogP contribution is 2.08. The summed E-state index contributed by atoms with van der Waals surface area (Å²) in [5, 5.41) is 6.31. The van der Waals surface area contributed by atoms with E-state index in [9.17, 15) is 4.79 Å². The van der Waals surface area contributed by atoms with Gasteiger partial charge in [-0.3, -0.25) is 4.79 Å². The Morgan fingerprint density at radius 3 is 2.74 bits per heavy atom. The second kappa shape index (κ2) is 7.82. The van der Waals surface area contributed by atoms with E-state index in [4.69, 9.17) is 4.74 Å². The number of hydrogen-bond acceptors (Lipinski definition) is 4. The molecule has 1 amide bonds. The number of hydrogen-bond donors (Lipinski definition) is 2. The van der Waals surface area contributed by atoms with Gasteiger partial charge in [-0.25, -0.2) is 0 Å². The maximum Gasteiger partial charge on any atom is 0.246 e. The maximum atomic E-state index is 11.8. The number of carbonyl (C=O) groups excluding carboxylic acids is 1. The van der Waals surface area contributed by atoms with Crippen LogP contribution in [0.3, 0.4) is 0 Å². The number of piperidine rings is 1. The van der Waals surface area contributed by atoms with E-state index in [0.717, 1.165) is 32.5 Å². The Morgan fingerprint density at radius 2 is 2.05 bits per heavy atom. The second-order valence-electron chi connectivity index (χ2n) is 5.74. The first-order chi connectivity index (χ1) is 9.24. The van der Waals surface area contributed by atoms with Crippen LogP contribution in [0, 0.1) is 0 Å². The van der Waals surface area contributed by atoms with Crippen LogP contribution in [0.1, 0.15) is 32.6 Å². The van der Waals surface area contributed by atoms with Crippen LogP contribution in [0.5, 0.6) is 0 Å². The van der Waals surface area contributed by atoms with Gasteiger partial charge in [0.15, 0.2) is 0 Å². The minimum absolute atomic E-state index is 0.0187. The van der Waals surface area contributed by atoms with Crippen molar-refractivity contribution in [3.05, 3.63) is 0 Å². The fraction of sp³-hybridized carbons (Fsp3) is 0.929. The van der Waals surface area contributed by atoms with Crippen molar-refractivity contribution in [1.82, 2.24) is 15.5 Å². The molecule has 2 rings (SSSR count). The monoisotopic (exact) mass is 269 g/mol. The molecule has 0 radical (unpaired) electrons. The third kappa shape index (κ3) is 5.47. The van der Waals surface area contributed by atoms with Gasteiger partial charge in [0.25, 0.3) is 0 Å². The molecule has 0 aliphatic carbocycles. The third-order valence-corrected chi connectivity index (χ3v) is 3.87. The Morgan fingerprint density at radius 1 is 1.37 bits per heavy atom. The van der Waals surface area contributed by atoms with Crippen molar-refractivity contribution in [2.45, 2.75) is 44.8 Å². The molecule has 2 aliphatic rings. The van der Waals surface area contributed by atoms with E-state index in [0.29, 0.717) is 0 Å². The Labute approximate surface area is 116 Å². The van der Waals surface area contributed by atoms with Crippen molar-refractivity contribution in [3.8, 4) is 0 Å². The molecule has 0 aromatic heterocycles. The summed E-state index contributed by atoms with van der Waals surface area (Å²) in [5.74, 6) is 0.0187. The molecule has 0 aromatic rings. The fourth-order valence-corrected chi connectivity index (χ4v) is 2.87. The molecular weight excluding hydrogens is 242 g/mol. The van der Waals surface area contributed by atoms with E-state index >= 15 is 0 Å². The summed E-state index contributed by atoms with van der Waals surface area (Å²) in [6.45, 7) is 7.57. The molecule has 110 valence electrons. The summed E-state index contributed by atoms with van der Waals surface area (Å²) in [6, 6.07) is 0.210. The predicted octanol–water partition coefficient (Wildman–Crippen LogP) is 0.356. The van der Waals surface area contributed by atoms with Crippen LogP contribution in [-0.2, 0) is 9.53 Å². The van der Waals surface area contributed by atoms with Crippen LogP contribution in [-0.4, -0.2) is 62.3 Å². The first kappa shape index (κ1) is 14.8. The minimum atomic E-state index is 0.0187. The van der Waals surface area contributed by atoms with Gasteiger partial charge in [-0.05, 0) is 58.8 Å². The van der Waals surface area contributed by atoms with Gasteiger partial charge in [-0.2, -0.15) is 0 Å². The second-order valence-corrected chi connectivity index (χ2v) is 5.74. The van der Waals surface area contributed by atoms with E-state index in [2.05, 4.69) is 22.5 Å². The van der Waals surface area contributed by atoms with Gasteiger partial charge in [0, 0.05) is 12.6 Å². The number of rotatable bonds is 6. The van der Waals surface area contributed by atoms with E-state index in [-0.39, 0.29) is 24.7 Å². The van der Waals surface area contributed by atoms with Crippen LogP contribution in [0.15, 0.2) is 0 Å². The molecule has 2 fully saturated rings. The Balaban J connectivity index is 1.57. The first-order valence-corrected chi connectivity index (χ1v) is 7.58. The van der Waals surface area contributed by atoms with Gasteiger partial charge in [-0.15, -0.1) is 0 Å². The van der Waals surface area contributed by atoms with Crippen molar-refractivity contribution < 1.29 is 9.53 Å². The zero-order chi connectivity index (χ0) is 13.5. The maximum absolute atomic E-state index is 11.8. The summed E-state index contributed by atoms with van der Waals surface area (Å²) in [4.78, 5) is 14.2. The van der Waals surface area contributed by atoms with Crippen LogP contribution in [0.2, 0.25) is 0 Å². The van der Waals surface area contributed by atoms with E-state index < -0.39 is 0 Å². The molecule has 0 bridgehead atoms. The topological polar surface area (TPSA) is 53.6 Å². The summed E-state index contributed by atoms with van der Waals surface area (Å²) < 4.78 is 5.65. The standard InChI is InChI=1S/C14H27N3O2/c1-12(10-17-8-2-3-9-17)16-14(18)11-19-13-4-6-15-7-5-13/h12-13,15H,2-11H2,1H3,(H,16,18). The smallest absolute Gasteiger partial charge is 0.246 e. The lowest BCUT2D eigenvalue weighted by Crippen LogP contribution is -2.43. The van der Waals surface area contributed by atoms with Gasteiger partial charge in [0.1, 0.15) is 6.61 Å². The minimum Gasteiger partial charge on any atom is -0.368 e. The van der Waals surface area contributed by atoms with Gasteiger partial charge in [-0.1, -0.05) is 0 Å². The third-order valence-electron chi connectivity index (χ3n) is 3.87. The Hall–Kier alpha value is -0.650. The van der Waals surface area contributed by atoms with Crippen molar-refractivity contribution in [2.24, 2.45) is 0 Å². The summed E-state index contributed by atoms with van der Waals surface area (Å²) >= 11 is 0. The lowest BCUT2D eigenvalue weighted by atomic mass is 10.1. The average molecular weight is 269 g/mol. The zero-order valence-electron chi connectivity index (χ0n) is 12.0. The van der Waals surface area contributed by atoms with Crippen LogP contribution in [0.4, 0.5) is 0 Å². The zero-order valence-corrected chi connectivity index (χ0v) is 12.0. The Kier molecular flexibility index (Phi) is 6.07. The SMILES string of the molecule is CC(CN1CCCC1)NC(=O)COC1CCNCC1. The van der Waals surface area contributed by atoms with Crippen LogP contribution >= 0.6 is 0 Å². The number of carbonyl (C=O) groups is 1. The van der Waals surface area contributed by atoms with Crippen molar-refractivity contribution >= 4 is 5.91 Å². The molecule has 2 saturated heterocycles. The van der Waals surface area contributed by atoms with Crippen molar-refractivity contribution in [3.63, 3.8) is 0 Å².